The van der Waals surface area contributed by atoms with Crippen LogP contribution in [0.5, 0.6) is 11.5 Å². The van der Waals surface area contributed by atoms with E-state index >= 15 is 0 Å². The number of anilines is 1. The first kappa shape index (κ1) is 21.6. The number of hydrogen-bond donors (Lipinski definition) is 2. The quantitative estimate of drug-likeness (QED) is 0.574. The highest BCUT2D eigenvalue weighted by Crippen LogP contribution is 2.32. The minimum Gasteiger partial charge on any atom is -0.486 e. The summed E-state index contributed by atoms with van der Waals surface area (Å²) in [7, 11) is 1.58. The number of nitrogens with one attached hydrogen (secondary N) is 2. The van der Waals surface area contributed by atoms with Gasteiger partial charge in [-0.2, -0.15) is 0 Å². The summed E-state index contributed by atoms with van der Waals surface area (Å²) in [5, 5.41) is 3.21. The highest BCUT2D eigenvalue weighted by Gasteiger charge is 2.19. The van der Waals surface area contributed by atoms with Crippen molar-refractivity contribution < 1.29 is 19.1 Å². The minimum atomic E-state index is -0.342. The molecule has 32 heavy (non-hydrogen) atoms. The smallest absolute Gasteiger partial charge is 0.261 e. The summed E-state index contributed by atoms with van der Waals surface area (Å²) in [6, 6.07) is 9.88. The molecule has 0 atom stereocenters. The summed E-state index contributed by atoms with van der Waals surface area (Å²) in [4.78, 5) is 42.3. The third kappa shape index (κ3) is 4.22. The molecule has 2 amide bonds. The van der Waals surface area contributed by atoms with Crippen LogP contribution in [0.4, 0.5) is 5.69 Å². The van der Waals surface area contributed by atoms with Crippen LogP contribution in [0.3, 0.4) is 0 Å². The van der Waals surface area contributed by atoms with E-state index in [2.05, 4.69) is 10.3 Å². The zero-order chi connectivity index (χ0) is 22.8. The van der Waals surface area contributed by atoms with Gasteiger partial charge < -0.3 is 24.7 Å². The molecule has 4 rings (SSSR count). The lowest BCUT2D eigenvalue weighted by atomic mass is 10.1. The standard InChI is InChI=1S/C22H22N4O5S/c1-3-26(12-19(27)23-14-5-7-17-18(11-14)31-9-8-30-17)20(28)13-4-6-15-16(10-13)24-22(32)25(2)21(15)29/h4-7,10-11H,3,8-9,12H2,1-2H3,(H,23,27)(H,24,32). The summed E-state index contributed by atoms with van der Waals surface area (Å²) in [6.45, 7) is 2.93. The number of rotatable bonds is 5. The van der Waals surface area contributed by atoms with Crippen molar-refractivity contribution in [2.75, 3.05) is 31.6 Å². The molecule has 0 fully saturated rings. The summed E-state index contributed by atoms with van der Waals surface area (Å²) in [5.74, 6) is 0.527. The maximum absolute atomic E-state index is 13.0. The SMILES string of the molecule is CCN(CC(=O)Nc1ccc2c(c1)OCCO2)C(=O)c1ccc2c(=O)n(C)c(=S)[nH]c2c1. The van der Waals surface area contributed by atoms with E-state index in [0.29, 0.717) is 53.4 Å². The maximum atomic E-state index is 13.0. The number of aromatic amines is 1. The number of H-pyrrole nitrogens is 1. The van der Waals surface area contributed by atoms with E-state index < -0.39 is 0 Å². The van der Waals surface area contributed by atoms with E-state index in [1.54, 1.807) is 50.4 Å². The van der Waals surface area contributed by atoms with Crippen LogP contribution >= 0.6 is 12.2 Å². The Morgan fingerprint density at radius 3 is 2.66 bits per heavy atom. The van der Waals surface area contributed by atoms with Gasteiger partial charge in [-0.05, 0) is 49.5 Å². The monoisotopic (exact) mass is 454 g/mol. The van der Waals surface area contributed by atoms with Gasteiger partial charge >= 0.3 is 0 Å². The molecule has 2 heterocycles. The summed E-state index contributed by atoms with van der Waals surface area (Å²) in [6.07, 6.45) is 0. The second-order valence-electron chi connectivity index (χ2n) is 7.28. The van der Waals surface area contributed by atoms with Crippen molar-refractivity contribution in [3.05, 3.63) is 57.1 Å². The van der Waals surface area contributed by atoms with Gasteiger partial charge in [-0.3, -0.25) is 19.0 Å². The van der Waals surface area contributed by atoms with Crippen LogP contribution < -0.4 is 20.3 Å². The molecular formula is C22H22N4O5S. The van der Waals surface area contributed by atoms with Crippen molar-refractivity contribution in [1.29, 1.82) is 0 Å². The number of carbonyl (C=O) groups excluding carboxylic acids is 2. The lowest BCUT2D eigenvalue weighted by Gasteiger charge is -2.21. The van der Waals surface area contributed by atoms with E-state index in [9.17, 15) is 14.4 Å². The molecule has 2 N–H and O–H groups in total. The highest BCUT2D eigenvalue weighted by atomic mass is 32.1. The van der Waals surface area contributed by atoms with Gasteiger partial charge in [-0.1, -0.05) is 0 Å². The van der Waals surface area contributed by atoms with Crippen LogP contribution in [-0.4, -0.2) is 52.6 Å². The van der Waals surface area contributed by atoms with Crippen LogP contribution in [-0.2, 0) is 11.8 Å². The minimum absolute atomic E-state index is 0.131. The van der Waals surface area contributed by atoms with Crippen LogP contribution in [0.1, 0.15) is 17.3 Å². The van der Waals surface area contributed by atoms with Gasteiger partial charge in [0.1, 0.15) is 19.8 Å². The predicted octanol–water partition coefficient (Wildman–Crippen LogP) is 2.47. The molecule has 166 valence electrons. The van der Waals surface area contributed by atoms with Gasteiger partial charge in [0.25, 0.3) is 11.5 Å². The van der Waals surface area contributed by atoms with Gasteiger partial charge in [0.2, 0.25) is 5.91 Å². The molecule has 0 saturated heterocycles. The Bertz CT molecular complexity index is 1330. The Balaban J connectivity index is 1.50. The molecule has 1 aromatic heterocycles. The lowest BCUT2D eigenvalue weighted by Crippen LogP contribution is -2.38. The van der Waals surface area contributed by atoms with Crippen molar-refractivity contribution in [2.24, 2.45) is 7.05 Å². The topological polar surface area (TPSA) is 106 Å². The molecule has 0 spiro atoms. The molecule has 0 radical (unpaired) electrons. The summed E-state index contributed by atoms with van der Waals surface area (Å²) < 4.78 is 12.6. The third-order valence-electron chi connectivity index (χ3n) is 5.18. The summed E-state index contributed by atoms with van der Waals surface area (Å²) in [5.41, 5.74) is 1.14. The van der Waals surface area contributed by atoms with E-state index in [4.69, 9.17) is 21.7 Å². The third-order valence-corrected chi connectivity index (χ3v) is 5.55. The number of likely N-dealkylation sites (N-methyl/N-ethyl adjacent to an activating group) is 1. The van der Waals surface area contributed by atoms with Crippen molar-refractivity contribution in [1.82, 2.24) is 14.5 Å². The Kier molecular flexibility index (Phi) is 5.95. The van der Waals surface area contributed by atoms with E-state index in [0.717, 1.165) is 0 Å². The largest absolute Gasteiger partial charge is 0.486 e. The fraction of sp³-hybridized carbons (Fsp3) is 0.273. The zero-order valence-corrected chi connectivity index (χ0v) is 18.5. The fourth-order valence-electron chi connectivity index (χ4n) is 3.44. The van der Waals surface area contributed by atoms with E-state index in [-0.39, 0.29) is 28.7 Å². The normalized spacial score (nSPS) is 12.4. The van der Waals surface area contributed by atoms with Crippen molar-refractivity contribution in [3.63, 3.8) is 0 Å². The molecule has 0 aliphatic carbocycles. The van der Waals surface area contributed by atoms with Crippen LogP contribution in [0.2, 0.25) is 0 Å². The van der Waals surface area contributed by atoms with Gasteiger partial charge in [0, 0.05) is 30.9 Å². The molecule has 0 bridgehead atoms. The van der Waals surface area contributed by atoms with Crippen LogP contribution in [0.25, 0.3) is 10.9 Å². The molecular weight excluding hydrogens is 432 g/mol. The average Bonchev–Trinajstić information content (AvgIpc) is 2.80. The first-order chi connectivity index (χ1) is 15.4. The highest BCUT2D eigenvalue weighted by molar-refractivity contribution is 7.71. The Morgan fingerprint density at radius 1 is 1.16 bits per heavy atom. The Hall–Kier alpha value is -3.66. The molecule has 2 aromatic carbocycles. The number of carbonyl (C=O) groups is 2. The van der Waals surface area contributed by atoms with E-state index in [1.807, 2.05) is 0 Å². The molecule has 10 heteroatoms. The van der Waals surface area contributed by atoms with E-state index in [1.165, 1.54) is 9.47 Å². The predicted molar refractivity (Wildman–Crippen MR) is 122 cm³/mol. The number of ether oxygens (including phenoxy) is 2. The number of fused-ring (bicyclic) bond motifs is 2. The Labute approximate surface area is 188 Å². The van der Waals surface area contributed by atoms with Gasteiger partial charge in [-0.15, -0.1) is 0 Å². The molecule has 1 aliphatic rings. The number of amides is 2. The second-order valence-corrected chi connectivity index (χ2v) is 7.67. The van der Waals surface area contributed by atoms with Crippen molar-refractivity contribution in [2.45, 2.75) is 6.92 Å². The van der Waals surface area contributed by atoms with Gasteiger partial charge in [-0.25, -0.2) is 0 Å². The van der Waals surface area contributed by atoms with Crippen molar-refractivity contribution >= 4 is 40.6 Å². The first-order valence-corrected chi connectivity index (χ1v) is 10.5. The lowest BCUT2D eigenvalue weighted by molar-refractivity contribution is -0.116. The molecule has 0 saturated carbocycles. The molecule has 3 aromatic rings. The van der Waals surface area contributed by atoms with Crippen LogP contribution in [0.15, 0.2) is 41.2 Å². The number of aromatic nitrogens is 2. The molecule has 0 unspecified atom stereocenters. The number of hydrogen-bond acceptors (Lipinski definition) is 6. The second kappa shape index (κ2) is 8.83. The number of benzene rings is 2. The zero-order valence-electron chi connectivity index (χ0n) is 17.6. The fourth-order valence-corrected chi connectivity index (χ4v) is 3.64. The summed E-state index contributed by atoms with van der Waals surface area (Å²) >= 11 is 5.15. The van der Waals surface area contributed by atoms with Gasteiger partial charge in [0.05, 0.1) is 10.9 Å². The van der Waals surface area contributed by atoms with Crippen LogP contribution in [0, 0.1) is 4.77 Å². The first-order valence-electron chi connectivity index (χ1n) is 10.1. The van der Waals surface area contributed by atoms with Gasteiger partial charge in [0.15, 0.2) is 16.3 Å². The molecule has 9 nitrogen and oxygen atoms in total. The Morgan fingerprint density at radius 2 is 1.91 bits per heavy atom. The molecule has 1 aliphatic heterocycles. The average molecular weight is 455 g/mol. The van der Waals surface area contributed by atoms with Crippen molar-refractivity contribution in [3.8, 4) is 11.5 Å². The number of nitrogens with zero attached hydrogens (tertiary/aromatic N) is 2. The maximum Gasteiger partial charge on any atom is 0.261 e.